The Morgan fingerprint density at radius 1 is 1.47 bits per heavy atom. The maximum Gasteiger partial charge on any atom is 0.303 e. The van der Waals surface area contributed by atoms with Crippen LogP contribution in [0.25, 0.3) is 0 Å². The van der Waals surface area contributed by atoms with E-state index in [2.05, 4.69) is 4.98 Å². The Labute approximate surface area is 118 Å². The zero-order chi connectivity index (χ0) is 13.8. The maximum atomic E-state index is 13.6. The zero-order valence-electron chi connectivity index (χ0n) is 9.90. The molecule has 0 saturated carbocycles. The second-order valence-electron chi connectivity index (χ2n) is 4.00. The second kappa shape index (κ2) is 6.12. The molecule has 2 aromatic rings. The van der Waals surface area contributed by atoms with Crippen LogP contribution in [0.2, 0.25) is 5.02 Å². The number of thiazole rings is 1. The summed E-state index contributed by atoms with van der Waals surface area (Å²) in [6, 6.07) is 4.56. The van der Waals surface area contributed by atoms with E-state index in [0.29, 0.717) is 23.4 Å². The summed E-state index contributed by atoms with van der Waals surface area (Å²) < 4.78 is 13.6. The molecule has 0 fully saturated rings. The Morgan fingerprint density at radius 2 is 2.26 bits per heavy atom. The second-order valence-corrected chi connectivity index (χ2v) is 5.35. The summed E-state index contributed by atoms with van der Waals surface area (Å²) >= 11 is 7.33. The first-order valence-corrected chi connectivity index (χ1v) is 6.90. The van der Waals surface area contributed by atoms with Gasteiger partial charge < -0.3 is 5.11 Å². The first kappa shape index (κ1) is 14.0. The number of aromatic nitrogens is 1. The number of hydrogen-bond acceptors (Lipinski definition) is 3. The third-order valence-electron chi connectivity index (χ3n) is 2.58. The fourth-order valence-electron chi connectivity index (χ4n) is 1.63. The van der Waals surface area contributed by atoms with E-state index in [1.807, 2.05) is 0 Å². The van der Waals surface area contributed by atoms with Gasteiger partial charge in [0.05, 0.1) is 17.1 Å². The van der Waals surface area contributed by atoms with Gasteiger partial charge in [0.25, 0.3) is 0 Å². The number of benzene rings is 1. The Hall–Kier alpha value is -1.46. The molecule has 3 nitrogen and oxygen atoms in total. The number of carboxylic acids is 1. The Balaban J connectivity index is 2.09. The van der Waals surface area contributed by atoms with Crippen molar-refractivity contribution < 1.29 is 14.3 Å². The smallest absolute Gasteiger partial charge is 0.303 e. The monoisotopic (exact) mass is 299 g/mol. The van der Waals surface area contributed by atoms with Gasteiger partial charge in [-0.2, -0.15) is 0 Å². The van der Waals surface area contributed by atoms with Crippen LogP contribution < -0.4 is 0 Å². The van der Waals surface area contributed by atoms with Crippen molar-refractivity contribution >= 4 is 28.9 Å². The lowest BCUT2D eigenvalue weighted by Gasteiger charge is -2.02. The predicted molar refractivity (Wildman–Crippen MR) is 72.3 cm³/mol. The molecule has 0 aliphatic heterocycles. The normalized spacial score (nSPS) is 10.6. The van der Waals surface area contributed by atoms with Gasteiger partial charge in [-0.1, -0.05) is 17.7 Å². The summed E-state index contributed by atoms with van der Waals surface area (Å²) in [6.45, 7) is 0. The molecule has 0 amide bonds. The molecule has 1 N–H and O–H groups in total. The van der Waals surface area contributed by atoms with Crippen molar-refractivity contribution in [1.29, 1.82) is 0 Å². The SMILES string of the molecule is O=C(O)CCc1csc(Cc2c(F)cccc2Cl)n1. The van der Waals surface area contributed by atoms with Crippen LogP contribution in [0, 0.1) is 5.82 Å². The molecule has 0 unspecified atom stereocenters. The third kappa shape index (κ3) is 3.75. The maximum absolute atomic E-state index is 13.6. The van der Waals surface area contributed by atoms with E-state index in [1.165, 1.54) is 17.4 Å². The van der Waals surface area contributed by atoms with E-state index in [-0.39, 0.29) is 12.2 Å². The average Bonchev–Trinajstić information content (AvgIpc) is 2.79. The van der Waals surface area contributed by atoms with Crippen LogP contribution in [-0.2, 0) is 17.6 Å². The lowest BCUT2D eigenvalue weighted by atomic mass is 10.1. The van der Waals surface area contributed by atoms with Gasteiger partial charge in [0, 0.05) is 28.8 Å². The van der Waals surface area contributed by atoms with Crippen molar-refractivity contribution in [2.75, 3.05) is 0 Å². The molecule has 0 radical (unpaired) electrons. The lowest BCUT2D eigenvalue weighted by Crippen LogP contribution is -1.98. The van der Waals surface area contributed by atoms with Gasteiger partial charge in [-0.3, -0.25) is 4.79 Å². The fourth-order valence-corrected chi connectivity index (χ4v) is 2.70. The quantitative estimate of drug-likeness (QED) is 0.918. The molecule has 1 aromatic carbocycles. The zero-order valence-corrected chi connectivity index (χ0v) is 11.5. The van der Waals surface area contributed by atoms with E-state index >= 15 is 0 Å². The van der Waals surface area contributed by atoms with E-state index in [0.717, 1.165) is 10.7 Å². The highest BCUT2D eigenvalue weighted by Gasteiger charge is 2.11. The van der Waals surface area contributed by atoms with Gasteiger partial charge in [-0.05, 0) is 12.1 Å². The number of rotatable bonds is 5. The van der Waals surface area contributed by atoms with Crippen molar-refractivity contribution in [2.24, 2.45) is 0 Å². The first-order valence-electron chi connectivity index (χ1n) is 5.64. The molecule has 0 saturated heterocycles. The van der Waals surface area contributed by atoms with Crippen LogP contribution in [0.1, 0.15) is 22.7 Å². The molecule has 0 atom stereocenters. The van der Waals surface area contributed by atoms with Crippen LogP contribution >= 0.6 is 22.9 Å². The summed E-state index contributed by atoms with van der Waals surface area (Å²) in [5.74, 6) is -1.21. The minimum Gasteiger partial charge on any atom is -0.481 e. The van der Waals surface area contributed by atoms with Gasteiger partial charge in [0.2, 0.25) is 0 Å². The number of hydrogen-bond donors (Lipinski definition) is 1. The summed E-state index contributed by atoms with van der Waals surface area (Å²) in [7, 11) is 0. The van der Waals surface area contributed by atoms with Gasteiger partial charge >= 0.3 is 5.97 Å². The molecular formula is C13H11ClFNO2S. The van der Waals surface area contributed by atoms with Gasteiger partial charge in [0.15, 0.2) is 0 Å². The summed E-state index contributed by atoms with van der Waals surface area (Å²) in [6.07, 6.45) is 0.754. The molecule has 2 rings (SSSR count). The molecule has 0 aliphatic carbocycles. The largest absolute Gasteiger partial charge is 0.481 e. The first-order chi connectivity index (χ1) is 9.06. The topological polar surface area (TPSA) is 50.2 Å². The van der Waals surface area contributed by atoms with Gasteiger partial charge in [-0.25, -0.2) is 9.37 Å². The van der Waals surface area contributed by atoms with Crippen LogP contribution in [0.3, 0.4) is 0 Å². The molecule has 19 heavy (non-hydrogen) atoms. The highest BCUT2D eigenvalue weighted by Crippen LogP contribution is 2.24. The molecule has 0 spiro atoms. The van der Waals surface area contributed by atoms with E-state index < -0.39 is 5.97 Å². The van der Waals surface area contributed by atoms with Crippen molar-refractivity contribution in [3.8, 4) is 0 Å². The molecule has 1 aromatic heterocycles. The number of carboxylic acid groups (broad SMARTS) is 1. The summed E-state index contributed by atoms with van der Waals surface area (Å²) in [5, 5.41) is 11.5. The highest BCUT2D eigenvalue weighted by molar-refractivity contribution is 7.09. The van der Waals surface area contributed by atoms with E-state index in [4.69, 9.17) is 16.7 Å². The average molecular weight is 300 g/mol. The molecule has 100 valence electrons. The summed E-state index contributed by atoms with van der Waals surface area (Å²) in [4.78, 5) is 14.8. The summed E-state index contributed by atoms with van der Waals surface area (Å²) in [5.41, 5.74) is 1.14. The van der Waals surface area contributed by atoms with E-state index in [9.17, 15) is 9.18 Å². The fraction of sp³-hybridized carbons (Fsp3) is 0.231. The highest BCUT2D eigenvalue weighted by atomic mass is 35.5. The predicted octanol–water partition coefficient (Wildman–Crippen LogP) is 3.54. The number of nitrogens with zero attached hydrogens (tertiary/aromatic N) is 1. The van der Waals surface area contributed by atoms with Crippen molar-refractivity contribution in [2.45, 2.75) is 19.3 Å². The third-order valence-corrected chi connectivity index (χ3v) is 3.84. The van der Waals surface area contributed by atoms with Crippen LogP contribution in [0.5, 0.6) is 0 Å². The number of aryl methyl sites for hydroxylation is 1. The number of halogens is 2. The van der Waals surface area contributed by atoms with Gasteiger partial charge in [-0.15, -0.1) is 11.3 Å². The Kier molecular flexibility index (Phi) is 4.50. The van der Waals surface area contributed by atoms with Gasteiger partial charge in [0.1, 0.15) is 5.82 Å². The molecule has 6 heteroatoms. The number of aliphatic carboxylic acids is 1. The van der Waals surface area contributed by atoms with Crippen molar-refractivity contribution in [3.63, 3.8) is 0 Å². The van der Waals surface area contributed by atoms with Crippen LogP contribution in [0.4, 0.5) is 4.39 Å². The van der Waals surface area contributed by atoms with Crippen molar-refractivity contribution in [1.82, 2.24) is 4.98 Å². The minimum absolute atomic E-state index is 0.0453. The standard InChI is InChI=1S/C13H11ClFNO2S/c14-10-2-1-3-11(15)9(10)6-12-16-8(7-19-12)4-5-13(17)18/h1-3,7H,4-6H2,(H,17,18). The van der Waals surface area contributed by atoms with E-state index in [1.54, 1.807) is 17.5 Å². The Morgan fingerprint density at radius 3 is 2.95 bits per heavy atom. The molecule has 0 bridgehead atoms. The lowest BCUT2D eigenvalue weighted by molar-refractivity contribution is -0.136. The molecule has 0 aliphatic rings. The van der Waals surface area contributed by atoms with Crippen molar-refractivity contribution in [3.05, 3.63) is 50.7 Å². The van der Waals surface area contributed by atoms with Crippen LogP contribution in [0.15, 0.2) is 23.6 Å². The molecular weight excluding hydrogens is 289 g/mol. The number of carbonyl (C=O) groups is 1. The van der Waals surface area contributed by atoms with Crippen LogP contribution in [-0.4, -0.2) is 16.1 Å². The minimum atomic E-state index is -0.855. The molecule has 1 heterocycles. The Bertz CT molecular complexity index is 580.